The Labute approximate surface area is 151 Å². The number of nitrogens with one attached hydrogen (secondary N) is 2. The van der Waals surface area contributed by atoms with Gasteiger partial charge in [0, 0.05) is 53.0 Å². The molecule has 0 spiro atoms. The van der Waals surface area contributed by atoms with E-state index >= 15 is 0 Å². The van der Waals surface area contributed by atoms with Gasteiger partial charge in [0.25, 0.3) is 0 Å². The monoisotopic (exact) mass is 348 g/mol. The number of benzene rings is 1. The predicted octanol–water partition coefficient (Wildman–Crippen LogP) is 1.61. The van der Waals surface area contributed by atoms with Gasteiger partial charge >= 0.3 is 0 Å². The summed E-state index contributed by atoms with van der Waals surface area (Å²) in [5.74, 6) is 0.829. The van der Waals surface area contributed by atoms with Gasteiger partial charge in [-0.05, 0) is 24.5 Å². The molecule has 0 atom stereocenters. The number of hydrogen-bond acceptors (Lipinski definition) is 4. The standard InChI is InChI=1S/C19H32N4O2/c1-3-24-11-5-8-21-19(20-2)22-15-17-6-4-7-18(14-17)16-23-9-12-25-13-10-23/h4,6-7,14H,3,5,8-13,15-16H2,1-2H3,(H2,20,21,22). The maximum Gasteiger partial charge on any atom is 0.191 e. The minimum absolute atomic E-state index is 0.766. The lowest BCUT2D eigenvalue weighted by Crippen LogP contribution is -2.37. The first-order valence-electron chi connectivity index (χ1n) is 9.22. The average molecular weight is 348 g/mol. The molecule has 1 aromatic carbocycles. The molecule has 0 unspecified atom stereocenters. The fraction of sp³-hybridized carbons (Fsp3) is 0.632. The zero-order valence-corrected chi connectivity index (χ0v) is 15.6. The van der Waals surface area contributed by atoms with E-state index in [1.54, 1.807) is 7.05 Å². The number of hydrogen-bond donors (Lipinski definition) is 2. The number of morpholine rings is 1. The molecule has 2 rings (SSSR count). The summed E-state index contributed by atoms with van der Waals surface area (Å²) >= 11 is 0. The van der Waals surface area contributed by atoms with E-state index in [9.17, 15) is 0 Å². The van der Waals surface area contributed by atoms with Gasteiger partial charge in [-0.2, -0.15) is 0 Å². The normalized spacial score (nSPS) is 16.0. The quantitative estimate of drug-likeness (QED) is 0.403. The molecule has 0 saturated carbocycles. The fourth-order valence-corrected chi connectivity index (χ4v) is 2.79. The van der Waals surface area contributed by atoms with Crippen LogP contribution in [0.5, 0.6) is 0 Å². The Balaban J connectivity index is 1.74. The van der Waals surface area contributed by atoms with Crippen molar-refractivity contribution in [1.29, 1.82) is 0 Å². The van der Waals surface area contributed by atoms with E-state index in [0.29, 0.717) is 0 Å². The van der Waals surface area contributed by atoms with Crippen LogP contribution in [0.15, 0.2) is 29.3 Å². The highest BCUT2D eigenvalue weighted by molar-refractivity contribution is 5.79. The molecule has 1 fully saturated rings. The van der Waals surface area contributed by atoms with E-state index in [2.05, 4.69) is 44.8 Å². The first kappa shape index (κ1) is 19.7. The second-order valence-electron chi connectivity index (χ2n) is 6.11. The van der Waals surface area contributed by atoms with Gasteiger partial charge in [-0.1, -0.05) is 24.3 Å². The molecule has 0 bridgehead atoms. The lowest BCUT2D eigenvalue weighted by Gasteiger charge is -2.26. The third-order valence-electron chi connectivity index (χ3n) is 4.15. The smallest absolute Gasteiger partial charge is 0.191 e. The van der Waals surface area contributed by atoms with E-state index in [4.69, 9.17) is 9.47 Å². The summed E-state index contributed by atoms with van der Waals surface area (Å²) in [6, 6.07) is 8.74. The molecule has 1 aliphatic heterocycles. The van der Waals surface area contributed by atoms with Crippen molar-refractivity contribution in [3.8, 4) is 0 Å². The highest BCUT2D eigenvalue weighted by Crippen LogP contribution is 2.10. The number of aliphatic imine (C=N–C) groups is 1. The molecular weight excluding hydrogens is 316 g/mol. The van der Waals surface area contributed by atoms with Gasteiger partial charge in [0.15, 0.2) is 5.96 Å². The van der Waals surface area contributed by atoms with Crippen molar-refractivity contribution >= 4 is 5.96 Å². The molecule has 0 amide bonds. The lowest BCUT2D eigenvalue weighted by atomic mass is 10.1. The van der Waals surface area contributed by atoms with E-state index < -0.39 is 0 Å². The van der Waals surface area contributed by atoms with Crippen LogP contribution in [-0.2, 0) is 22.6 Å². The molecule has 1 aromatic rings. The maximum atomic E-state index is 5.41. The molecule has 6 nitrogen and oxygen atoms in total. The Morgan fingerprint density at radius 1 is 1.24 bits per heavy atom. The summed E-state index contributed by atoms with van der Waals surface area (Å²) in [4.78, 5) is 6.71. The summed E-state index contributed by atoms with van der Waals surface area (Å²) in [5.41, 5.74) is 2.61. The van der Waals surface area contributed by atoms with Gasteiger partial charge in [-0.3, -0.25) is 9.89 Å². The van der Waals surface area contributed by atoms with Crippen molar-refractivity contribution in [2.75, 3.05) is 53.1 Å². The highest BCUT2D eigenvalue weighted by Gasteiger charge is 2.10. The molecule has 25 heavy (non-hydrogen) atoms. The van der Waals surface area contributed by atoms with Crippen LogP contribution in [-0.4, -0.2) is 64.0 Å². The second-order valence-corrected chi connectivity index (χ2v) is 6.11. The molecule has 0 aromatic heterocycles. The Hall–Kier alpha value is -1.63. The SMILES string of the molecule is CCOCCCNC(=NC)NCc1cccc(CN2CCOCC2)c1. The Bertz CT molecular complexity index is 516. The van der Waals surface area contributed by atoms with Crippen molar-refractivity contribution < 1.29 is 9.47 Å². The Morgan fingerprint density at radius 3 is 2.80 bits per heavy atom. The van der Waals surface area contributed by atoms with Crippen LogP contribution in [0.2, 0.25) is 0 Å². The number of ether oxygens (including phenoxy) is 2. The first-order chi connectivity index (χ1) is 12.3. The Kier molecular flexibility index (Phi) is 9.33. The third-order valence-corrected chi connectivity index (χ3v) is 4.15. The average Bonchev–Trinajstić information content (AvgIpc) is 2.65. The van der Waals surface area contributed by atoms with E-state index in [0.717, 1.165) is 71.5 Å². The van der Waals surface area contributed by atoms with Crippen LogP contribution in [0.4, 0.5) is 0 Å². The van der Waals surface area contributed by atoms with Crippen molar-refractivity contribution in [2.24, 2.45) is 4.99 Å². The van der Waals surface area contributed by atoms with E-state index in [1.165, 1.54) is 11.1 Å². The van der Waals surface area contributed by atoms with Gasteiger partial charge in [0.05, 0.1) is 13.2 Å². The van der Waals surface area contributed by atoms with Gasteiger partial charge in [-0.15, -0.1) is 0 Å². The molecule has 6 heteroatoms. The van der Waals surface area contributed by atoms with Crippen LogP contribution in [0, 0.1) is 0 Å². The molecule has 1 aliphatic rings. The first-order valence-corrected chi connectivity index (χ1v) is 9.22. The molecule has 2 N–H and O–H groups in total. The van der Waals surface area contributed by atoms with Gasteiger partial charge in [0.1, 0.15) is 0 Å². The topological polar surface area (TPSA) is 58.1 Å². The summed E-state index contributed by atoms with van der Waals surface area (Å²) in [6.07, 6.45) is 0.976. The molecule has 140 valence electrons. The van der Waals surface area contributed by atoms with Crippen LogP contribution in [0.3, 0.4) is 0 Å². The van der Waals surface area contributed by atoms with Crippen LogP contribution >= 0.6 is 0 Å². The number of guanidine groups is 1. The van der Waals surface area contributed by atoms with Crippen molar-refractivity contribution in [2.45, 2.75) is 26.4 Å². The van der Waals surface area contributed by atoms with Gasteiger partial charge in [0.2, 0.25) is 0 Å². The minimum atomic E-state index is 0.766. The molecule has 1 saturated heterocycles. The van der Waals surface area contributed by atoms with Crippen molar-refractivity contribution in [3.63, 3.8) is 0 Å². The minimum Gasteiger partial charge on any atom is -0.382 e. The van der Waals surface area contributed by atoms with Gasteiger partial charge in [-0.25, -0.2) is 0 Å². The van der Waals surface area contributed by atoms with Crippen LogP contribution in [0.1, 0.15) is 24.5 Å². The highest BCUT2D eigenvalue weighted by atomic mass is 16.5. The molecule has 1 heterocycles. The zero-order chi connectivity index (χ0) is 17.7. The summed E-state index contributed by atoms with van der Waals surface area (Å²) in [7, 11) is 1.80. The van der Waals surface area contributed by atoms with Crippen molar-refractivity contribution in [3.05, 3.63) is 35.4 Å². The Morgan fingerprint density at radius 2 is 2.04 bits per heavy atom. The maximum absolute atomic E-state index is 5.41. The lowest BCUT2D eigenvalue weighted by molar-refractivity contribution is 0.0342. The third kappa shape index (κ3) is 7.86. The van der Waals surface area contributed by atoms with Crippen molar-refractivity contribution in [1.82, 2.24) is 15.5 Å². The van der Waals surface area contributed by atoms with Gasteiger partial charge < -0.3 is 20.1 Å². The van der Waals surface area contributed by atoms with Crippen LogP contribution in [0.25, 0.3) is 0 Å². The molecular formula is C19H32N4O2. The summed E-state index contributed by atoms with van der Waals surface area (Å²) in [6.45, 7) is 9.89. The summed E-state index contributed by atoms with van der Waals surface area (Å²) in [5, 5.41) is 6.69. The zero-order valence-electron chi connectivity index (χ0n) is 15.6. The molecule has 0 radical (unpaired) electrons. The summed E-state index contributed by atoms with van der Waals surface area (Å²) < 4.78 is 10.8. The number of rotatable bonds is 9. The molecule has 0 aliphatic carbocycles. The van der Waals surface area contributed by atoms with E-state index in [-0.39, 0.29) is 0 Å². The number of nitrogens with zero attached hydrogens (tertiary/aromatic N) is 2. The fourth-order valence-electron chi connectivity index (χ4n) is 2.79. The second kappa shape index (κ2) is 11.8. The van der Waals surface area contributed by atoms with E-state index in [1.807, 2.05) is 6.92 Å². The van der Waals surface area contributed by atoms with Crippen LogP contribution < -0.4 is 10.6 Å². The predicted molar refractivity (Wildman–Crippen MR) is 102 cm³/mol. The largest absolute Gasteiger partial charge is 0.382 e.